The Balaban J connectivity index is 1.83. The molecular weight excluding hydrogens is 328 g/mol. The molecule has 0 aliphatic carbocycles. The summed E-state index contributed by atoms with van der Waals surface area (Å²) in [5.41, 5.74) is 2.76. The maximum Gasteiger partial charge on any atom is 0.361 e. The SMILES string of the molecule is Cc1cc(OC(=O)c2cc(-c3cccc(C)c3O)n[nH]2)ccc1Cl. The van der Waals surface area contributed by atoms with E-state index in [1.54, 1.807) is 43.3 Å². The number of nitrogens with zero attached hydrogens (tertiary/aromatic N) is 1. The van der Waals surface area contributed by atoms with Crippen molar-refractivity contribution in [3.05, 3.63) is 64.3 Å². The van der Waals surface area contributed by atoms with Crippen molar-refractivity contribution < 1.29 is 14.6 Å². The number of benzene rings is 2. The van der Waals surface area contributed by atoms with Gasteiger partial charge in [0.1, 0.15) is 17.2 Å². The minimum absolute atomic E-state index is 0.136. The minimum Gasteiger partial charge on any atom is -0.507 e. The first-order chi connectivity index (χ1) is 11.5. The van der Waals surface area contributed by atoms with Crippen molar-refractivity contribution in [3.63, 3.8) is 0 Å². The Morgan fingerprint density at radius 2 is 1.96 bits per heavy atom. The van der Waals surface area contributed by atoms with E-state index in [0.29, 0.717) is 22.0 Å². The molecule has 5 nitrogen and oxygen atoms in total. The molecule has 2 aromatic carbocycles. The van der Waals surface area contributed by atoms with Crippen LogP contribution in [0.3, 0.4) is 0 Å². The van der Waals surface area contributed by atoms with Crippen LogP contribution >= 0.6 is 11.6 Å². The quantitative estimate of drug-likeness (QED) is 0.550. The zero-order valence-electron chi connectivity index (χ0n) is 13.1. The Bertz CT molecular complexity index is 918. The predicted octanol–water partition coefficient (Wildman–Crippen LogP) is 4.27. The summed E-state index contributed by atoms with van der Waals surface area (Å²) >= 11 is 5.95. The second kappa shape index (κ2) is 6.37. The van der Waals surface area contributed by atoms with Gasteiger partial charge in [-0.3, -0.25) is 5.10 Å². The zero-order chi connectivity index (χ0) is 17.3. The third kappa shape index (κ3) is 3.12. The van der Waals surface area contributed by atoms with Crippen molar-refractivity contribution in [1.82, 2.24) is 10.2 Å². The lowest BCUT2D eigenvalue weighted by atomic mass is 10.1. The van der Waals surface area contributed by atoms with Crippen LogP contribution in [0.4, 0.5) is 0 Å². The first kappa shape index (κ1) is 16.1. The molecule has 0 atom stereocenters. The molecule has 0 saturated carbocycles. The smallest absolute Gasteiger partial charge is 0.361 e. The third-order valence-corrected chi connectivity index (χ3v) is 4.08. The molecule has 24 heavy (non-hydrogen) atoms. The van der Waals surface area contributed by atoms with Gasteiger partial charge < -0.3 is 9.84 Å². The molecule has 0 saturated heterocycles. The number of aryl methyl sites for hydroxylation is 2. The number of para-hydroxylation sites is 1. The van der Waals surface area contributed by atoms with E-state index in [4.69, 9.17) is 16.3 Å². The van der Waals surface area contributed by atoms with Gasteiger partial charge in [0, 0.05) is 10.6 Å². The van der Waals surface area contributed by atoms with E-state index in [1.165, 1.54) is 0 Å². The van der Waals surface area contributed by atoms with Gasteiger partial charge in [-0.1, -0.05) is 23.7 Å². The fourth-order valence-corrected chi connectivity index (χ4v) is 2.39. The fraction of sp³-hybridized carbons (Fsp3) is 0.111. The van der Waals surface area contributed by atoms with Gasteiger partial charge >= 0.3 is 5.97 Å². The summed E-state index contributed by atoms with van der Waals surface area (Å²) in [6.45, 7) is 3.62. The van der Waals surface area contributed by atoms with Gasteiger partial charge in [0.05, 0.1) is 5.69 Å². The molecule has 1 aromatic heterocycles. The van der Waals surface area contributed by atoms with Crippen LogP contribution in [0.25, 0.3) is 11.3 Å². The number of aromatic hydroxyl groups is 1. The van der Waals surface area contributed by atoms with E-state index in [9.17, 15) is 9.90 Å². The first-order valence-corrected chi connectivity index (χ1v) is 7.66. The second-order valence-electron chi connectivity index (χ2n) is 5.44. The monoisotopic (exact) mass is 342 g/mol. The summed E-state index contributed by atoms with van der Waals surface area (Å²) in [5.74, 6) is -0.0312. The van der Waals surface area contributed by atoms with Crippen LogP contribution in [-0.4, -0.2) is 21.3 Å². The van der Waals surface area contributed by atoms with Gasteiger partial charge in [-0.25, -0.2) is 4.79 Å². The van der Waals surface area contributed by atoms with Gasteiger partial charge in [-0.15, -0.1) is 0 Å². The number of halogens is 1. The number of phenolic OH excluding ortho intramolecular Hbond substituents is 1. The average molecular weight is 343 g/mol. The summed E-state index contributed by atoms with van der Waals surface area (Å²) in [7, 11) is 0. The molecule has 0 unspecified atom stereocenters. The molecule has 0 aliphatic heterocycles. The van der Waals surface area contributed by atoms with Crippen LogP contribution in [0, 0.1) is 13.8 Å². The van der Waals surface area contributed by atoms with E-state index in [0.717, 1.165) is 11.1 Å². The molecule has 122 valence electrons. The molecule has 0 radical (unpaired) electrons. The molecule has 2 N–H and O–H groups in total. The van der Waals surface area contributed by atoms with Gasteiger partial charge in [0.25, 0.3) is 0 Å². The van der Waals surface area contributed by atoms with E-state index in [2.05, 4.69) is 10.2 Å². The number of rotatable bonds is 3. The van der Waals surface area contributed by atoms with Crippen LogP contribution in [0.15, 0.2) is 42.5 Å². The highest BCUT2D eigenvalue weighted by Crippen LogP contribution is 2.31. The summed E-state index contributed by atoms with van der Waals surface area (Å²) in [5, 5.41) is 17.4. The molecule has 0 aliphatic rings. The number of aromatic nitrogens is 2. The lowest BCUT2D eigenvalue weighted by molar-refractivity contribution is 0.0728. The van der Waals surface area contributed by atoms with Crippen molar-refractivity contribution in [1.29, 1.82) is 0 Å². The molecule has 1 heterocycles. The number of phenols is 1. The van der Waals surface area contributed by atoms with Crippen LogP contribution in [0.1, 0.15) is 21.6 Å². The zero-order valence-corrected chi connectivity index (χ0v) is 13.9. The maximum absolute atomic E-state index is 12.2. The third-order valence-electron chi connectivity index (χ3n) is 3.65. The van der Waals surface area contributed by atoms with Crippen molar-refractivity contribution in [2.24, 2.45) is 0 Å². The topological polar surface area (TPSA) is 75.2 Å². The lowest BCUT2D eigenvalue weighted by Crippen LogP contribution is -2.09. The summed E-state index contributed by atoms with van der Waals surface area (Å²) in [6, 6.07) is 11.9. The van der Waals surface area contributed by atoms with E-state index < -0.39 is 5.97 Å². The van der Waals surface area contributed by atoms with Gasteiger partial charge in [0.15, 0.2) is 0 Å². The number of ether oxygens (including phenoxy) is 1. The predicted molar refractivity (Wildman–Crippen MR) is 91.6 cm³/mol. The standard InChI is InChI=1S/C18H15ClN2O3/c1-10-4-3-5-13(17(10)22)15-9-16(21-20-15)18(23)24-12-6-7-14(19)11(2)8-12/h3-9,22H,1-2H3,(H,20,21). The minimum atomic E-state index is -0.567. The highest BCUT2D eigenvalue weighted by molar-refractivity contribution is 6.31. The largest absolute Gasteiger partial charge is 0.507 e. The van der Waals surface area contributed by atoms with Crippen molar-refractivity contribution in [2.75, 3.05) is 0 Å². The number of H-pyrrole nitrogens is 1. The highest BCUT2D eigenvalue weighted by Gasteiger charge is 2.16. The number of aromatic amines is 1. The number of carbonyl (C=O) groups excluding carboxylic acids is 1. The summed E-state index contributed by atoms with van der Waals surface area (Å²) < 4.78 is 5.31. The average Bonchev–Trinajstić information content (AvgIpc) is 3.03. The van der Waals surface area contributed by atoms with E-state index >= 15 is 0 Å². The molecule has 0 fully saturated rings. The van der Waals surface area contributed by atoms with Crippen LogP contribution in [0.5, 0.6) is 11.5 Å². The molecule has 0 bridgehead atoms. The molecule has 3 aromatic rings. The Hall–Kier alpha value is -2.79. The van der Waals surface area contributed by atoms with Crippen molar-refractivity contribution in [2.45, 2.75) is 13.8 Å². The maximum atomic E-state index is 12.2. The fourth-order valence-electron chi connectivity index (χ4n) is 2.27. The van der Waals surface area contributed by atoms with Crippen molar-refractivity contribution >= 4 is 17.6 Å². The van der Waals surface area contributed by atoms with E-state index in [-0.39, 0.29) is 11.4 Å². The Labute approximate surface area is 143 Å². The Morgan fingerprint density at radius 3 is 2.71 bits per heavy atom. The number of hydrogen-bond donors (Lipinski definition) is 2. The Kier molecular flexibility index (Phi) is 4.27. The Morgan fingerprint density at radius 1 is 1.17 bits per heavy atom. The first-order valence-electron chi connectivity index (χ1n) is 7.28. The van der Waals surface area contributed by atoms with E-state index in [1.807, 2.05) is 13.0 Å². The number of carbonyl (C=O) groups is 1. The van der Waals surface area contributed by atoms with Crippen LogP contribution < -0.4 is 4.74 Å². The second-order valence-corrected chi connectivity index (χ2v) is 5.85. The molecule has 0 amide bonds. The number of hydrogen-bond acceptors (Lipinski definition) is 4. The number of esters is 1. The van der Waals surface area contributed by atoms with Gasteiger partial charge in [0.2, 0.25) is 0 Å². The van der Waals surface area contributed by atoms with Crippen LogP contribution in [-0.2, 0) is 0 Å². The molecule has 3 rings (SSSR count). The van der Waals surface area contributed by atoms with Crippen LogP contribution in [0.2, 0.25) is 5.02 Å². The van der Waals surface area contributed by atoms with Gasteiger partial charge in [-0.2, -0.15) is 5.10 Å². The summed E-state index contributed by atoms with van der Waals surface area (Å²) in [4.78, 5) is 12.2. The molecular formula is C18H15ClN2O3. The number of nitrogens with one attached hydrogen (secondary N) is 1. The van der Waals surface area contributed by atoms with Gasteiger partial charge in [-0.05, 0) is 55.3 Å². The summed E-state index contributed by atoms with van der Waals surface area (Å²) in [6.07, 6.45) is 0. The lowest BCUT2D eigenvalue weighted by Gasteiger charge is -2.04. The molecule has 6 heteroatoms. The highest BCUT2D eigenvalue weighted by atomic mass is 35.5. The molecule has 0 spiro atoms. The normalized spacial score (nSPS) is 10.6. The van der Waals surface area contributed by atoms with Crippen molar-refractivity contribution in [3.8, 4) is 22.8 Å².